The monoisotopic (exact) mass is 457 g/mol. The van der Waals surface area contributed by atoms with E-state index >= 15 is 0 Å². The van der Waals surface area contributed by atoms with Gasteiger partial charge in [0.25, 0.3) is 5.91 Å². The number of hydrogen-bond acceptors (Lipinski definition) is 3. The zero-order chi connectivity index (χ0) is 25.0. The van der Waals surface area contributed by atoms with Crippen LogP contribution in [0.25, 0.3) is 0 Å². The first-order valence-electron chi connectivity index (χ1n) is 11.8. The lowest BCUT2D eigenvalue weighted by Gasteiger charge is -2.19. The number of benzene rings is 3. The number of carbonyl (C=O) groups excluding carboxylic acids is 2. The molecule has 0 aromatic heterocycles. The van der Waals surface area contributed by atoms with Crippen LogP contribution in [-0.2, 0) is 10.2 Å². The lowest BCUT2D eigenvalue weighted by Crippen LogP contribution is -2.30. The van der Waals surface area contributed by atoms with E-state index in [1.165, 1.54) is 5.56 Å². The summed E-state index contributed by atoms with van der Waals surface area (Å²) in [6, 6.07) is 20.8. The van der Waals surface area contributed by atoms with Gasteiger partial charge >= 0.3 is 0 Å². The molecule has 34 heavy (non-hydrogen) atoms. The van der Waals surface area contributed by atoms with Crippen LogP contribution in [0.1, 0.15) is 80.1 Å². The Morgan fingerprint density at radius 3 is 2.15 bits per heavy atom. The van der Waals surface area contributed by atoms with Gasteiger partial charge in [0, 0.05) is 16.8 Å². The van der Waals surface area contributed by atoms with Crippen molar-refractivity contribution in [3.8, 4) is 5.75 Å². The Hall–Kier alpha value is -3.40. The zero-order valence-corrected chi connectivity index (χ0v) is 21.2. The van der Waals surface area contributed by atoms with Crippen molar-refractivity contribution in [3.63, 3.8) is 0 Å². The Kier molecular flexibility index (Phi) is 7.61. The fourth-order valence-electron chi connectivity index (χ4n) is 3.73. The van der Waals surface area contributed by atoms with Gasteiger partial charge in [0.2, 0.25) is 0 Å². The highest BCUT2D eigenvalue weighted by molar-refractivity contribution is 6.09. The van der Waals surface area contributed by atoms with Crippen LogP contribution in [0.2, 0.25) is 0 Å². The van der Waals surface area contributed by atoms with E-state index in [1.54, 1.807) is 31.2 Å². The lowest BCUT2D eigenvalue weighted by atomic mass is 9.86. The second-order valence-electron chi connectivity index (χ2n) is 10.2. The minimum Gasteiger partial charge on any atom is -0.481 e. The number of carbonyl (C=O) groups is 2. The predicted molar refractivity (Wildman–Crippen MR) is 139 cm³/mol. The fraction of sp³-hybridized carbons (Fsp3) is 0.333. The minimum atomic E-state index is -0.691. The summed E-state index contributed by atoms with van der Waals surface area (Å²) < 4.78 is 6.03. The summed E-state index contributed by atoms with van der Waals surface area (Å²) in [4.78, 5) is 25.9. The van der Waals surface area contributed by atoms with Crippen molar-refractivity contribution in [3.05, 3.63) is 94.5 Å². The summed E-state index contributed by atoms with van der Waals surface area (Å²) in [5, 5.41) is 2.88. The quantitative estimate of drug-likeness (QED) is 0.387. The second kappa shape index (κ2) is 10.3. The molecule has 4 nitrogen and oxygen atoms in total. The zero-order valence-electron chi connectivity index (χ0n) is 21.2. The molecular formula is C30H35NO3. The van der Waals surface area contributed by atoms with Crippen molar-refractivity contribution in [2.24, 2.45) is 0 Å². The minimum absolute atomic E-state index is 0.0267. The SMILES string of the molecule is Cc1ccc(C(C)C)c(O[C@H](C)C(=O)Nc2cccc(C(=O)c3ccc(C(C)(C)C)cc3)c2)c1. The molecule has 0 saturated heterocycles. The van der Waals surface area contributed by atoms with Crippen LogP contribution in [0.5, 0.6) is 5.75 Å². The number of anilines is 1. The van der Waals surface area contributed by atoms with Crippen molar-refractivity contribution in [2.45, 2.75) is 65.9 Å². The first-order chi connectivity index (χ1) is 16.0. The first-order valence-corrected chi connectivity index (χ1v) is 11.8. The number of hydrogen-bond donors (Lipinski definition) is 1. The Balaban J connectivity index is 1.72. The summed E-state index contributed by atoms with van der Waals surface area (Å²) >= 11 is 0. The van der Waals surface area contributed by atoms with E-state index < -0.39 is 6.10 Å². The average molecular weight is 458 g/mol. The van der Waals surface area contributed by atoms with Gasteiger partial charge in [-0.25, -0.2) is 0 Å². The van der Waals surface area contributed by atoms with Crippen LogP contribution in [-0.4, -0.2) is 17.8 Å². The molecule has 3 aromatic rings. The third-order valence-electron chi connectivity index (χ3n) is 5.87. The molecule has 0 unspecified atom stereocenters. The van der Waals surface area contributed by atoms with Crippen molar-refractivity contribution in [2.75, 3.05) is 5.32 Å². The van der Waals surface area contributed by atoms with Gasteiger partial charge in [-0.2, -0.15) is 0 Å². The Bertz CT molecular complexity index is 1170. The lowest BCUT2D eigenvalue weighted by molar-refractivity contribution is -0.122. The largest absolute Gasteiger partial charge is 0.481 e. The highest BCUT2D eigenvalue weighted by atomic mass is 16.5. The number of nitrogens with one attached hydrogen (secondary N) is 1. The van der Waals surface area contributed by atoms with E-state index in [0.717, 1.165) is 16.9 Å². The van der Waals surface area contributed by atoms with Gasteiger partial charge in [-0.3, -0.25) is 9.59 Å². The smallest absolute Gasteiger partial charge is 0.265 e. The topological polar surface area (TPSA) is 55.4 Å². The maximum Gasteiger partial charge on any atom is 0.265 e. The summed E-state index contributed by atoms with van der Waals surface area (Å²) in [7, 11) is 0. The van der Waals surface area contributed by atoms with Gasteiger partial charge in [-0.15, -0.1) is 0 Å². The molecule has 0 radical (unpaired) electrons. The molecule has 1 atom stereocenters. The summed E-state index contributed by atoms with van der Waals surface area (Å²) in [5.74, 6) is 0.656. The normalized spacial score (nSPS) is 12.4. The molecule has 0 spiro atoms. The van der Waals surface area contributed by atoms with Crippen LogP contribution in [0.3, 0.4) is 0 Å². The van der Waals surface area contributed by atoms with E-state index in [-0.39, 0.29) is 23.0 Å². The van der Waals surface area contributed by atoms with Crippen LogP contribution in [0, 0.1) is 6.92 Å². The Morgan fingerprint density at radius 2 is 1.53 bits per heavy atom. The number of ether oxygens (including phenoxy) is 1. The molecule has 0 heterocycles. The number of amides is 1. The molecule has 1 amide bonds. The maximum atomic E-state index is 13.0. The maximum absolute atomic E-state index is 13.0. The molecule has 0 fully saturated rings. The van der Waals surface area contributed by atoms with E-state index in [0.29, 0.717) is 16.8 Å². The van der Waals surface area contributed by atoms with Crippen LogP contribution in [0.4, 0.5) is 5.69 Å². The van der Waals surface area contributed by atoms with Gasteiger partial charge in [-0.1, -0.05) is 83.1 Å². The molecule has 3 aromatic carbocycles. The van der Waals surface area contributed by atoms with Gasteiger partial charge in [0.1, 0.15) is 5.75 Å². The summed E-state index contributed by atoms with van der Waals surface area (Å²) in [6.45, 7) is 14.4. The van der Waals surface area contributed by atoms with Crippen molar-refractivity contribution >= 4 is 17.4 Å². The molecule has 0 aliphatic carbocycles. The molecular weight excluding hydrogens is 422 g/mol. The molecule has 0 aliphatic heterocycles. The highest BCUT2D eigenvalue weighted by Gasteiger charge is 2.19. The van der Waals surface area contributed by atoms with Crippen LogP contribution >= 0.6 is 0 Å². The number of aryl methyl sites for hydroxylation is 1. The van der Waals surface area contributed by atoms with Crippen LogP contribution in [0.15, 0.2) is 66.7 Å². The number of rotatable bonds is 7. The van der Waals surface area contributed by atoms with E-state index in [4.69, 9.17) is 4.74 Å². The fourth-order valence-corrected chi connectivity index (χ4v) is 3.73. The highest BCUT2D eigenvalue weighted by Crippen LogP contribution is 2.28. The van der Waals surface area contributed by atoms with Gasteiger partial charge in [0.15, 0.2) is 11.9 Å². The standard InChI is InChI=1S/C30H35NO3/c1-19(2)26-16-11-20(3)17-27(26)34-21(4)29(33)31-25-10-8-9-23(18-25)28(32)22-12-14-24(15-13-22)30(5,6)7/h8-19,21H,1-7H3,(H,31,33)/t21-/m1/s1. The molecule has 178 valence electrons. The van der Waals surface area contributed by atoms with E-state index in [9.17, 15) is 9.59 Å². The Morgan fingerprint density at radius 1 is 0.853 bits per heavy atom. The van der Waals surface area contributed by atoms with Crippen molar-refractivity contribution in [1.29, 1.82) is 0 Å². The molecule has 1 N–H and O–H groups in total. The van der Waals surface area contributed by atoms with Gasteiger partial charge < -0.3 is 10.1 Å². The molecule has 0 bridgehead atoms. The second-order valence-corrected chi connectivity index (χ2v) is 10.2. The van der Waals surface area contributed by atoms with Crippen molar-refractivity contribution in [1.82, 2.24) is 0 Å². The third-order valence-corrected chi connectivity index (χ3v) is 5.87. The number of ketones is 1. The molecule has 0 saturated carbocycles. The predicted octanol–water partition coefficient (Wildman–Crippen LogP) is 7.05. The van der Waals surface area contributed by atoms with E-state index in [2.05, 4.69) is 39.9 Å². The average Bonchev–Trinajstić information content (AvgIpc) is 2.78. The van der Waals surface area contributed by atoms with Crippen LogP contribution < -0.4 is 10.1 Å². The third kappa shape index (κ3) is 6.13. The summed E-state index contributed by atoms with van der Waals surface area (Å²) in [5.41, 5.74) is 5.05. The molecule has 4 heteroatoms. The van der Waals surface area contributed by atoms with E-state index in [1.807, 2.05) is 49.4 Å². The van der Waals surface area contributed by atoms with Crippen molar-refractivity contribution < 1.29 is 14.3 Å². The first kappa shape index (κ1) is 25.2. The van der Waals surface area contributed by atoms with Gasteiger partial charge in [0.05, 0.1) is 0 Å². The summed E-state index contributed by atoms with van der Waals surface area (Å²) in [6.07, 6.45) is -0.691. The molecule has 3 rings (SSSR count). The Labute approximate surface area is 203 Å². The van der Waals surface area contributed by atoms with Gasteiger partial charge in [-0.05, 0) is 60.1 Å². The molecule has 0 aliphatic rings.